The fourth-order valence-corrected chi connectivity index (χ4v) is 4.76. The molecule has 2 amide bonds. The van der Waals surface area contributed by atoms with Crippen molar-refractivity contribution in [2.75, 3.05) is 13.2 Å². The molecule has 3 N–H and O–H groups in total. The molecule has 7 nitrogen and oxygen atoms in total. The number of carboxylic acids is 1. The van der Waals surface area contributed by atoms with Crippen molar-refractivity contribution in [3.63, 3.8) is 0 Å². The normalized spacial score (nSPS) is 16.6. The van der Waals surface area contributed by atoms with Crippen molar-refractivity contribution in [3.05, 3.63) is 59.7 Å². The van der Waals surface area contributed by atoms with Crippen LogP contribution in [0.15, 0.2) is 48.5 Å². The Balaban J connectivity index is 1.24. The second-order valence-electron chi connectivity index (χ2n) is 9.01. The summed E-state index contributed by atoms with van der Waals surface area (Å²) in [4.78, 5) is 36.0. The van der Waals surface area contributed by atoms with Gasteiger partial charge in [-0.15, -0.1) is 0 Å². The van der Waals surface area contributed by atoms with E-state index in [1.54, 1.807) is 6.92 Å². The standard InChI is InChI=1S/C26H30N2O5/c1-16(13-24(29)27-14-22(25(30)31)17-7-6-8-17)28-26(32)33-15-23-20-11-4-2-9-18(20)19-10-3-5-12-21(19)23/h2-5,9-12,16-17,22-23H,6-8,13-15H2,1H3,(H,27,29)(H,28,32)(H,30,31)/t16-,22?/m0/s1. The van der Waals surface area contributed by atoms with E-state index < -0.39 is 24.0 Å². The van der Waals surface area contributed by atoms with Crippen molar-refractivity contribution in [2.24, 2.45) is 11.8 Å². The van der Waals surface area contributed by atoms with E-state index >= 15 is 0 Å². The monoisotopic (exact) mass is 450 g/mol. The van der Waals surface area contributed by atoms with Crippen molar-refractivity contribution in [2.45, 2.75) is 44.6 Å². The summed E-state index contributed by atoms with van der Waals surface area (Å²) < 4.78 is 5.52. The van der Waals surface area contributed by atoms with Gasteiger partial charge in [-0.3, -0.25) is 9.59 Å². The molecule has 1 saturated carbocycles. The molecule has 2 aliphatic carbocycles. The quantitative estimate of drug-likeness (QED) is 0.537. The molecule has 7 heteroatoms. The van der Waals surface area contributed by atoms with Crippen molar-refractivity contribution < 1.29 is 24.2 Å². The van der Waals surface area contributed by atoms with Crippen LogP contribution in [0.3, 0.4) is 0 Å². The van der Waals surface area contributed by atoms with E-state index in [1.165, 1.54) is 0 Å². The number of carbonyl (C=O) groups excluding carboxylic acids is 2. The molecule has 4 rings (SSSR count). The third-order valence-electron chi connectivity index (χ3n) is 6.75. The van der Waals surface area contributed by atoms with Crippen LogP contribution in [-0.2, 0) is 14.3 Å². The molecule has 0 saturated heterocycles. The van der Waals surface area contributed by atoms with E-state index in [1.807, 2.05) is 24.3 Å². The number of ether oxygens (including phenoxy) is 1. The Morgan fingerprint density at radius 1 is 1.03 bits per heavy atom. The molecule has 0 aromatic heterocycles. The number of alkyl carbamates (subject to hydrolysis) is 1. The molecule has 1 fully saturated rings. The lowest BCUT2D eigenvalue weighted by Gasteiger charge is -2.31. The van der Waals surface area contributed by atoms with E-state index in [0.29, 0.717) is 0 Å². The third kappa shape index (κ3) is 5.18. The highest BCUT2D eigenvalue weighted by Crippen LogP contribution is 2.44. The SMILES string of the molecule is C[C@@H](CC(=O)NCC(C(=O)O)C1CCC1)NC(=O)OCC1c2ccccc2-c2ccccc21. The summed E-state index contributed by atoms with van der Waals surface area (Å²) in [6.45, 7) is 2.05. The fraction of sp³-hybridized carbons (Fsp3) is 0.423. The van der Waals surface area contributed by atoms with Crippen LogP contribution in [0.2, 0.25) is 0 Å². The van der Waals surface area contributed by atoms with Gasteiger partial charge in [0.1, 0.15) is 6.61 Å². The summed E-state index contributed by atoms with van der Waals surface area (Å²) >= 11 is 0. The van der Waals surface area contributed by atoms with Crippen molar-refractivity contribution in [1.82, 2.24) is 10.6 Å². The van der Waals surface area contributed by atoms with E-state index in [2.05, 4.69) is 34.9 Å². The van der Waals surface area contributed by atoms with Gasteiger partial charge in [0.2, 0.25) is 5.91 Å². The first-order valence-corrected chi connectivity index (χ1v) is 11.5. The minimum absolute atomic E-state index is 0.0267. The van der Waals surface area contributed by atoms with Crippen molar-refractivity contribution in [1.29, 1.82) is 0 Å². The summed E-state index contributed by atoms with van der Waals surface area (Å²) in [6.07, 6.45) is 2.32. The van der Waals surface area contributed by atoms with Gasteiger partial charge in [-0.1, -0.05) is 55.0 Å². The maximum absolute atomic E-state index is 12.4. The number of aliphatic carboxylic acids is 1. The number of rotatable bonds is 9. The van der Waals surface area contributed by atoms with Gasteiger partial charge >= 0.3 is 12.1 Å². The van der Waals surface area contributed by atoms with E-state index in [9.17, 15) is 19.5 Å². The first kappa shape index (κ1) is 22.8. The molecule has 0 spiro atoms. The van der Waals surface area contributed by atoms with Crippen LogP contribution in [0.25, 0.3) is 11.1 Å². The van der Waals surface area contributed by atoms with Gasteiger partial charge in [-0.2, -0.15) is 0 Å². The second-order valence-corrected chi connectivity index (χ2v) is 9.01. The Bertz CT molecular complexity index is 987. The minimum atomic E-state index is -0.871. The molecule has 0 radical (unpaired) electrons. The maximum atomic E-state index is 12.4. The van der Waals surface area contributed by atoms with Gasteiger partial charge in [0.25, 0.3) is 0 Å². The van der Waals surface area contributed by atoms with Gasteiger partial charge in [0.05, 0.1) is 5.92 Å². The predicted molar refractivity (Wildman–Crippen MR) is 124 cm³/mol. The summed E-state index contributed by atoms with van der Waals surface area (Å²) in [5, 5.41) is 14.8. The van der Waals surface area contributed by atoms with Gasteiger partial charge in [0, 0.05) is 24.9 Å². The molecule has 0 heterocycles. The summed E-state index contributed by atoms with van der Waals surface area (Å²) in [6, 6.07) is 15.8. The van der Waals surface area contributed by atoms with Crippen LogP contribution in [0.1, 0.15) is 49.7 Å². The molecule has 2 aliphatic rings. The Morgan fingerprint density at radius 2 is 1.64 bits per heavy atom. The largest absolute Gasteiger partial charge is 0.481 e. The zero-order chi connectivity index (χ0) is 23.4. The number of nitrogens with one attached hydrogen (secondary N) is 2. The molecule has 2 aromatic rings. The first-order chi connectivity index (χ1) is 15.9. The van der Waals surface area contributed by atoms with E-state index in [-0.39, 0.29) is 37.3 Å². The zero-order valence-electron chi connectivity index (χ0n) is 18.8. The average Bonchev–Trinajstić information content (AvgIpc) is 3.07. The highest BCUT2D eigenvalue weighted by atomic mass is 16.5. The molecular formula is C26H30N2O5. The lowest BCUT2D eigenvalue weighted by molar-refractivity contribution is -0.144. The fourth-order valence-electron chi connectivity index (χ4n) is 4.76. The van der Waals surface area contributed by atoms with Crippen LogP contribution in [0, 0.1) is 11.8 Å². The lowest BCUT2D eigenvalue weighted by Crippen LogP contribution is -2.42. The molecule has 2 aromatic carbocycles. The lowest BCUT2D eigenvalue weighted by atomic mass is 9.76. The van der Waals surface area contributed by atoms with Crippen LogP contribution >= 0.6 is 0 Å². The third-order valence-corrected chi connectivity index (χ3v) is 6.75. The highest BCUT2D eigenvalue weighted by Gasteiger charge is 2.33. The second kappa shape index (κ2) is 10.1. The minimum Gasteiger partial charge on any atom is -0.481 e. The number of amides is 2. The van der Waals surface area contributed by atoms with Crippen LogP contribution in [0.4, 0.5) is 4.79 Å². The first-order valence-electron chi connectivity index (χ1n) is 11.5. The number of hydrogen-bond donors (Lipinski definition) is 3. The molecule has 0 bridgehead atoms. The van der Waals surface area contributed by atoms with Gasteiger partial charge in [-0.05, 0) is 47.9 Å². The Morgan fingerprint density at radius 3 is 2.18 bits per heavy atom. The molecule has 2 atom stereocenters. The molecule has 33 heavy (non-hydrogen) atoms. The number of carboxylic acid groups (broad SMARTS) is 1. The maximum Gasteiger partial charge on any atom is 0.407 e. The van der Waals surface area contributed by atoms with Crippen LogP contribution < -0.4 is 10.6 Å². The van der Waals surface area contributed by atoms with Crippen LogP contribution in [0.5, 0.6) is 0 Å². The number of fused-ring (bicyclic) bond motifs is 3. The Labute approximate surface area is 193 Å². The Kier molecular flexibility index (Phi) is 6.96. The number of benzene rings is 2. The van der Waals surface area contributed by atoms with Crippen molar-refractivity contribution in [3.8, 4) is 11.1 Å². The number of carbonyl (C=O) groups is 3. The Hall–Kier alpha value is -3.35. The summed E-state index contributed by atoms with van der Waals surface area (Å²) in [5.74, 6) is -1.59. The topological polar surface area (TPSA) is 105 Å². The molecule has 1 unspecified atom stereocenters. The van der Waals surface area contributed by atoms with Gasteiger partial charge < -0.3 is 20.5 Å². The molecule has 174 valence electrons. The number of hydrogen-bond acceptors (Lipinski definition) is 4. The predicted octanol–water partition coefficient (Wildman–Crippen LogP) is 3.92. The smallest absolute Gasteiger partial charge is 0.407 e. The van der Waals surface area contributed by atoms with Crippen LogP contribution in [-0.4, -0.2) is 42.3 Å². The highest BCUT2D eigenvalue weighted by molar-refractivity contribution is 5.80. The van der Waals surface area contributed by atoms with Gasteiger partial charge in [0.15, 0.2) is 0 Å². The van der Waals surface area contributed by atoms with E-state index in [0.717, 1.165) is 41.5 Å². The molecule has 0 aliphatic heterocycles. The van der Waals surface area contributed by atoms with Crippen molar-refractivity contribution >= 4 is 18.0 Å². The zero-order valence-corrected chi connectivity index (χ0v) is 18.8. The summed E-state index contributed by atoms with van der Waals surface area (Å²) in [5.41, 5.74) is 4.60. The summed E-state index contributed by atoms with van der Waals surface area (Å²) in [7, 11) is 0. The molecular weight excluding hydrogens is 420 g/mol. The average molecular weight is 451 g/mol. The van der Waals surface area contributed by atoms with E-state index in [4.69, 9.17) is 4.74 Å². The van der Waals surface area contributed by atoms with Gasteiger partial charge in [-0.25, -0.2) is 4.79 Å².